The Morgan fingerprint density at radius 3 is 1.05 bits per heavy atom. The Morgan fingerprint density at radius 1 is 0.239 bits per heavy atom. The maximum absolute atomic E-state index is 3.54. The van der Waals surface area contributed by atoms with E-state index in [9.17, 15) is 0 Å². The molecular weight excluding hydrogens is 1100 g/mol. The van der Waals surface area contributed by atoms with Gasteiger partial charge in [-0.3, -0.25) is 0 Å². The molecule has 3 aromatic heterocycles. The van der Waals surface area contributed by atoms with E-state index in [-0.39, 0.29) is 0 Å². The molecule has 3 heterocycles. The van der Waals surface area contributed by atoms with E-state index < -0.39 is 8.07 Å². The van der Waals surface area contributed by atoms with E-state index in [4.69, 9.17) is 0 Å². The van der Waals surface area contributed by atoms with Crippen molar-refractivity contribution in [3.8, 4) is 67.0 Å². The molecule has 0 bridgehead atoms. The normalized spacial score (nSPS) is 12.0. The second-order valence-corrected chi connectivity index (χ2v) is 28.8. The van der Waals surface area contributed by atoms with Crippen molar-refractivity contribution in [1.29, 1.82) is 0 Å². The first-order chi connectivity index (χ1) is 43.6. The van der Waals surface area contributed by atoms with Crippen LogP contribution in [0.1, 0.15) is 0 Å². The third-order valence-corrected chi connectivity index (χ3v) is 25.7. The van der Waals surface area contributed by atoms with Crippen LogP contribution in [0.2, 0.25) is 0 Å². The monoisotopic (exact) mass is 1150 g/mol. The fourth-order valence-electron chi connectivity index (χ4n) is 14.5. The van der Waals surface area contributed by atoms with Crippen LogP contribution in [-0.4, -0.2) is 17.2 Å². The molecule has 0 radical (unpaired) electrons. The number of hydrogen-bond acceptors (Lipinski definition) is 1. The van der Waals surface area contributed by atoms with Gasteiger partial charge in [0.25, 0.3) is 0 Å². The summed E-state index contributed by atoms with van der Waals surface area (Å²) in [6.45, 7) is 0. The molecule has 14 aromatic carbocycles. The molecule has 0 aliphatic carbocycles. The molecule has 17 aromatic rings. The summed E-state index contributed by atoms with van der Waals surface area (Å²) >= 11 is 1.95. The maximum Gasteiger partial charge on any atom is -0.0538 e. The molecular formula is C84H57N2SSi-. The van der Waals surface area contributed by atoms with E-state index in [1.165, 1.54) is 146 Å². The van der Waals surface area contributed by atoms with Crippen LogP contribution in [0, 0.1) is 0 Å². The van der Waals surface area contributed by atoms with Gasteiger partial charge in [-0.15, -0.1) is 0 Å². The summed E-state index contributed by atoms with van der Waals surface area (Å²) < 4.78 is 7.61. The van der Waals surface area contributed by atoms with Crippen molar-refractivity contribution in [3.05, 3.63) is 340 Å². The van der Waals surface area contributed by atoms with Crippen LogP contribution < -0.4 is 20.7 Å². The summed E-state index contributed by atoms with van der Waals surface area (Å²) in [7, 11) is -3.54. The molecule has 0 aliphatic rings. The van der Waals surface area contributed by atoms with Gasteiger partial charge in [-0.25, -0.2) is 0 Å². The zero-order valence-corrected chi connectivity index (χ0v) is 50.2. The standard InChI is InChI=1S/C84H57N2SSi/c1-4-18-57(19-5-1)58-32-34-59(35-33-58)60-36-38-61(39-37-60)62-40-42-63(43-41-62)64-44-46-65(47-45-64)66-48-51-70(52-49-66)88(68-20-6-2-7-21-68,69-22-8-3-9-23-69)82-55-54-80(83-74-27-13-17-31-81(74)87-84(82)83)86-78-30-16-12-26-73(78)75-56-67(50-53-79(75)86)85-76-28-14-10-24-71(76)72-25-11-15-29-77(72)85/h1-56,88H/q-1. The fourth-order valence-corrected chi connectivity index (χ4v) is 21.9. The Morgan fingerprint density at radius 2 is 0.580 bits per heavy atom. The average molecular weight is 1150 g/mol. The van der Waals surface area contributed by atoms with Crippen LogP contribution in [0.3, 0.4) is 0 Å². The van der Waals surface area contributed by atoms with Crippen molar-refractivity contribution in [1.82, 2.24) is 9.13 Å². The Balaban J connectivity index is 0.741. The number of thiophene rings is 1. The molecule has 88 heavy (non-hydrogen) atoms. The molecule has 0 unspecified atom stereocenters. The molecule has 0 atom stereocenters. The molecule has 0 fully saturated rings. The average Bonchev–Trinajstić information content (AvgIpc) is 1.65. The number of benzene rings is 14. The molecule has 0 saturated carbocycles. The quantitative estimate of drug-likeness (QED) is 0.0902. The van der Waals surface area contributed by atoms with Gasteiger partial charge in [0, 0.05) is 0 Å². The van der Waals surface area contributed by atoms with Crippen LogP contribution in [0.15, 0.2) is 340 Å². The fraction of sp³-hybridized carbons (Fsp3) is 0. The smallest absolute Gasteiger partial charge is 0.0538 e. The Kier molecular flexibility index (Phi) is 12.5. The largest absolute Gasteiger partial charge is 0.0617 e. The predicted molar refractivity (Wildman–Crippen MR) is 380 cm³/mol. The summed E-state index contributed by atoms with van der Waals surface area (Å²) in [5.74, 6) is 0. The summed E-state index contributed by atoms with van der Waals surface area (Å²) in [4.78, 5) is 0. The van der Waals surface area contributed by atoms with Crippen molar-refractivity contribution >= 4 is 104 Å². The van der Waals surface area contributed by atoms with Crippen molar-refractivity contribution in [2.45, 2.75) is 0 Å². The van der Waals surface area contributed by atoms with E-state index in [2.05, 4.69) is 349 Å². The molecule has 0 saturated heterocycles. The van der Waals surface area contributed by atoms with Crippen LogP contribution in [0.25, 0.3) is 131 Å². The van der Waals surface area contributed by atoms with Crippen LogP contribution in [0.4, 0.5) is 0 Å². The molecule has 0 spiro atoms. The van der Waals surface area contributed by atoms with Gasteiger partial charge in [-0.2, -0.15) is 0 Å². The van der Waals surface area contributed by atoms with Gasteiger partial charge in [-0.1, -0.05) is 115 Å². The Labute approximate surface area is 516 Å². The van der Waals surface area contributed by atoms with E-state index in [1.54, 1.807) is 0 Å². The number of fused-ring (bicyclic) bond motifs is 9. The third-order valence-electron chi connectivity index (χ3n) is 18.7. The second kappa shape index (κ2) is 21.3. The van der Waals surface area contributed by atoms with Crippen molar-refractivity contribution in [2.24, 2.45) is 0 Å². The van der Waals surface area contributed by atoms with E-state index >= 15 is 0 Å². The number of nitrogens with zero attached hydrogens (tertiary/aromatic N) is 2. The SMILES string of the molecule is c1ccc(-c2ccc(-c3ccc(-c4ccc(-c5ccc(-c6ccc([SiH-](c7ccccc7)(c7ccccc7)c7ccc(-n8c9ccccc9c9cc(-n%10c%11ccccc%11c%11ccccc%11%10)ccc98)c8c7sc7ccccc78)cc6)cc5)cc4)cc3)cc2)cc1. The zero-order chi connectivity index (χ0) is 58.1. The predicted octanol–water partition coefficient (Wildman–Crippen LogP) is 19.7. The molecule has 4 heteroatoms. The molecule has 0 aliphatic heterocycles. The Hall–Kier alpha value is -10.9. The number of para-hydroxylation sites is 3. The molecule has 2 nitrogen and oxygen atoms in total. The van der Waals surface area contributed by atoms with Gasteiger partial charge in [0.15, 0.2) is 0 Å². The van der Waals surface area contributed by atoms with Gasteiger partial charge in [0.1, 0.15) is 0 Å². The molecule has 0 amide bonds. The minimum absolute atomic E-state index is 1.15. The number of rotatable bonds is 11. The summed E-state index contributed by atoms with van der Waals surface area (Å²) in [6.07, 6.45) is 0. The second-order valence-electron chi connectivity index (χ2n) is 23.4. The zero-order valence-electron chi connectivity index (χ0n) is 48.2. The first-order valence-corrected chi connectivity index (χ1v) is 33.6. The minimum Gasteiger partial charge on any atom is -0.0617 e. The van der Waals surface area contributed by atoms with Crippen molar-refractivity contribution < 1.29 is 0 Å². The van der Waals surface area contributed by atoms with Gasteiger partial charge in [-0.05, 0) is 27.8 Å². The van der Waals surface area contributed by atoms with Crippen molar-refractivity contribution in [3.63, 3.8) is 0 Å². The molecule has 0 N–H and O–H groups in total. The topological polar surface area (TPSA) is 9.86 Å². The minimum atomic E-state index is -3.54. The van der Waals surface area contributed by atoms with Crippen LogP contribution in [-0.2, 0) is 0 Å². The summed E-state index contributed by atoms with van der Waals surface area (Å²) in [5.41, 5.74) is 19.3. The van der Waals surface area contributed by atoms with Gasteiger partial charge >= 0.3 is 377 Å². The van der Waals surface area contributed by atoms with Crippen LogP contribution in [0.5, 0.6) is 0 Å². The third kappa shape index (κ3) is 8.44. The number of hydrogen-bond donors (Lipinski definition) is 0. The van der Waals surface area contributed by atoms with E-state index in [1.807, 2.05) is 11.3 Å². The maximum atomic E-state index is 2.55. The van der Waals surface area contributed by atoms with Gasteiger partial charge in [0.2, 0.25) is 0 Å². The van der Waals surface area contributed by atoms with Crippen molar-refractivity contribution in [2.75, 3.05) is 0 Å². The van der Waals surface area contributed by atoms with Crippen LogP contribution >= 0.6 is 11.3 Å². The van der Waals surface area contributed by atoms with Gasteiger partial charge in [0.05, 0.1) is 0 Å². The summed E-state index contributed by atoms with van der Waals surface area (Å²) in [5, 5.41) is 13.1. The van der Waals surface area contributed by atoms with Gasteiger partial charge < -0.3 is 0 Å². The Bertz CT molecular complexity index is 5340. The van der Waals surface area contributed by atoms with E-state index in [0.717, 1.165) is 5.69 Å². The number of aromatic nitrogens is 2. The summed E-state index contributed by atoms with van der Waals surface area (Å²) in [6, 6.07) is 127. The molecule has 414 valence electrons. The first-order valence-electron chi connectivity index (χ1n) is 30.5. The molecule has 17 rings (SSSR count). The van der Waals surface area contributed by atoms with E-state index in [0.29, 0.717) is 0 Å². The first kappa shape index (κ1) is 51.5.